The second-order valence-corrected chi connectivity index (χ2v) is 9.39. The standard InChI is InChI=1S/C27H29F3N8O/c1-16-6-7-19(26(31)39)11-22(16)37(21-10-18(14-36(4)5)9-20(12-21)27(28,29)30)25-8-17(2)35-38(25)24-13-23(32-3)33-15-34-24/h6-13,15H,14H2,1-5H3,(H2,31,39)(H,32,33,34). The quantitative estimate of drug-likeness (QED) is 0.326. The maximum Gasteiger partial charge on any atom is 0.416 e. The summed E-state index contributed by atoms with van der Waals surface area (Å²) in [4.78, 5) is 24.0. The number of aryl methyl sites for hydroxylation is 2. The lowest BCUT2D eigenvalue weighted by atomic mass is 10.0. The van der Waals surface area contributed by atoms with Crippen LogP contribution in [0.1, 0.15) is 32.7 Å². The van der Waals surface area contributed by atoms with Crippen LogP contribution in [0, 0.1) is 13.8 Å². The van der Waals surface area contributed by atoms with Crippen LogP contribution in [-0.4, -0.2) is 51.7 Å². The fourth-order valence-electron chi connectivity index (χ4n) is 4.23. The van der Waals surface area contributed by atoms with E-state index < -0.39 is 17.6 Å². The van der Waals surface area contributed by atoms with Crippen LogP contribution in [0.15, 0.2) is 54.9 Å². The van der Waals surface area contributed by atoms with Gasteiger partial charge in [-0.25, -0.2) is 9.97 Å². The zero-order valence-electron chi connectivity index (χ0n) is 22.2. The molecule has 2 aromatic carbocycles. The van der Waals surface area contributed by atoms with E-state index in [4.69, 9.17) is 5.73 Å². The van der Waals surface area contributed by atoms with Crippen LogP contribution >= 0.6 is 0 Å². The van der Waals surface area contributed by atoms with Crippen molar-refractivity contribution in [1.29, 1.82) is 0 Å². The number of nitrogens with zero attached hydrogens (tertiary/aromatic N) is 6. The van der Waals surface area contributed by atoms with Crippen molar-refractivity contribution >= 4 is 28.9 Å². The fraction of sp³-hybridized carbons (Fsp3) is 0.259. The average molecular weight is 539 g/mol. The number of rotatable bonds is 8. The summed E-state index contributed by atoms with van der Waals surface area (Å²) < 4.78 is 43.8. The first-order chi connectivity index (χ1) is 18.4. The van der Waals surface area contributed by atoms with Crippen LogP contribution < -0.4 is 16.0 Å². The Kier molecular flexibility index (Phi) is 7.59. The Hall–Kier alpha value is -4.45. The zero-order valence-corrected chi connectivity index (χ0v) is 22.2. The van der Waals surface area contributed by atoms with Crippen LogP contribution in [0.2, 0.25) is 0 Å². The minimum Gasteiger partial charge on any atom is -0.373 e. The average Bonchev–Trinajstić information content (AvgIpc) is 3.25. The third kappa shape index (κ3) is 6.01. The molecule has 0 atom stereocenters. The van der Waals surface area contributed by atoms with Crippen molar-refractivity contribution in [2.45, 2.75) is 26.6 Å². The van der Waals surface area contributed by atoms with Crippen molar-refractivity contribution in [3.05, 3.63) is 82.8 Å². The number of aromatic nitrogens is 4. The highest BCUT2D eigenvalue weighted by Crippen LogP contribution is 2.41. The minimum atomic E-state index is -4.59. The SMILES string of the molecule is CNc1cc(-n2nc(C)cc2N(c2cc(CN(C)C)cc(C(F)(F)F)c2)c2cc(C(N)=O)ccc2C)ncn1. The van der Waals surface area contributed by atoms with Crippen LogP contribution in [0.5, 0.6) is 0 Å². The Morgan fingerprint density at radius 1 is 1.05 bits per heavy atom. The molecular formula is C27H29F3N8O. The molecule has 2 heterocycles. The van der Waals surface area contributed by atoms with Crippen LogP contribution in [0.3, 0.4) is 0 Å². The number of carbonyl (C=O) groups is 1. The molecule has 0 fully saturated rings. The van der Waals surface area contributed by atoms with Crippen molar-refractivity contribution < 1.29 is 18.0 Å². The van der Waals surface area contributed by atoms with E-state index in [2.05, 4.69) is 20.4 Å². The summed E-state index contributed by atoms with van der Waals surface area (Å²) >= 11 is 0. The maximum absolute atomic E-state index is 14.1. The van der Waals surface area contributed by atoms with Crippen LogP contribution in [0.4, 0.5) is 36.2 Å². The summed E-state index contributed by atoms with van der Waals surface area (Å²) in [5.41, 5.74) is 7.45. The van der Waals surface area contributed by atoms with Gasteiger partial charge in [-0.2, -0.15) is 23.0 Å². The summed E-state index contributed by atoms with van der Waals surface area (Å²) in [5, 5.41) is 7.54. The van der Waals surface area contributed by atoms with Gasteiger partial charge in [0.05, 0.1) is 16.9 Å². The molecule has 39 heavy (non-hydrogen) atoms. The summed E-state index contributed by atoms with van der Waals surface area (Å²) in [6.45, 7) is 3.86. The van der Waals surface area contributed by atoms with Gasteiger partial charge in [0, 0.05) is 37.0 Å². The Bertz CT molecular complexity index is 1510. The molecule has 4 aromatic rings. The Balaban J connectivity index is 2.06. The van der Waals surface area contributed by atoms with Gasteiger partial charge in [0.1, 0.15) is 18.0 Å². The Morgan fingerprint density at radius 3 is 2.44 bits per heavy atom. The van der Waals surface area contributed by atoms with Gasteiger partial charge in [0.2, 0.25) is 5.91 Å². The molecule has 0 aliphatic carbocycles. The third-order valence-corrected chi connectivity index (χ3v) is 5.96. The van der Waals surface area contributed by atoms with E-state index in [9.17, 15) is 18.0 Å². The topological polar surface area (TPSA) is 105 Å². The molecule has 0 unspecified atom stereocenters. The first-order valence-electron chi connectivity index (χ1n) is 12.0. The summed E-state index contributed by atoms with van der Waals surface area (Å²) in [6.07, 6.45) is -3.22. The number of hydrogen-bond donors (Lipinski definition) is 2. The number of anilines is 4. The molecule has 0 bridgehead atoms. The van der Waals surface area contributed by atoms with Gasteiger partial charge in [-0.15, -0.1) is 0 Å². The second kappa shape index (κ2) is 10.7. The highest BCUT2D eigenvalue weighted by Gasteiger charge is 2.33. The molecule has 0 spiro atoms. The molecule has 4 rings (SSSR count). The molecule has 9 nitrogen and oxygen atoms in total. The Morgan fingerprint density at radius 2 is 1.79 bits per heavy atom. The first kappa shape index (κ1) is 27.6. The lowest BCUT2D eigenvalue weighted by Gasteiger charge is -2.29. The summed E-state index contributed by atoms with van der Waals surface area (Å²) in [7, 11) is 5.28. The summed E-state index contributed by atoms with van der Waals surface area (Å²) in [6, 6.07) is 12.2. The zero-order chi connectivity index (χ0) is 28.5. The van der Waals surface area contributed by atoms with Crippen LogP contribution in [-0.2, 0) is 12.7 Å². The lowest BCUT2D eigenvalue weighted by molar-refractivity contribution is -0.137. The molecule has 3 N–H and O–H groups in total. The van der Waals surface area contributed by atoms with E-state index in [-0.39, 0.29) is 17.8 Å². The number of nitrogens with two attached hydrogens (primary N) is 1. The van der Waals surface area contributed by atoms with Gasteiger partial charge < -0.3 is 16.0 Å². The molecule has 0 saturated carbocycles. The molecule has 0 radical (unpaired) electrons. The molecule has 204 valence electrons. The number of carbonyl (C=O) groups excluding carboxylic acids is 1. The predicted octanol–water partition coefficient (Wildman–Crippen LogP) is 4.97. The van der Waals surface area contributed by atoms with E-state index in [1.54, 1.807) is 81.2 Å². The van der Waals surface area contributed by atoms with Gasteiger partial charge in [0.25, 0.3) is 0 Å². The number of primary amides is 1. The van der Waals surface area contributed by atoms with E-state index >= 15 is 0 Å². The van der Waals surface area contributed by atoms with Crippen LogP contribution in [0.25, 0.3) is 5.82 Å². The smallest absolute Gasteiger partial charge is 0.373 e. The number of halogens is 3. The fourth-order valence-corrected chi connectivity index (χ4v) is 4.23. The lowest BCUT2D eigenvalue weighted by Crippen LogP contribution is -2.20. The monoisotopic (exact) mass is 538 g/mol. The number of amides is 1. The molecular weight excluding hydrogens is 509 g/mol. The number of alkyl halides is 3. The second-order valence-electron chi connectivity index (χ2n) is 9.39. The number of nitrogens with one attached hydrogen (secondary N) is 1. The number of benzene rings is 2. The normalized spacial score (nSPS) is 11.6. The van der Waals surface area contributed by atoms with E-state index in [0.29, 0.717) is 40.0 Å². The van der Waals surface area contributed by atoms with Crippen molar-refractivity contribution in [1.82, 2.24) is 24.6 Å². The van der Waals surface area contributed by atoms with E-state index in [1.165, 1.54) is 11.0 Å². The van der Waals surface area contributed by atoms with Crippen molar-refractivity contribution in [2.75, 3.05) is 31.4 Å². The van der Waals surface area contributed by atoms with E-state index in [0.717, 1.165) is 12.1 Å². The molecule has 1 amide bonds. The summed E-state index contributed by atoms with van der Waals surface area (Å²) in [5.74, 6) is 0.678. The van der Waals surface area contributed by atoms with Crippen molar-refractivity contribution in [3.63, 3.8) is 0 Å². The van der Waals surface area contributed by atoms with E-state index in [1.807, 2.05) is 0 Å². The molecule has 12 heteroatoms. The molecule has 2 aromatic heterocycles. The highest BCUT2D eigenvalue weighted by atomic mass is 19.4. The predicted molar refractivity (Wildman–Crippen MR) is 144 cm³/mol. The molecule has 0 saturated heterocycles. The van der Waals surface area contributed by atoms with Gasteiger partial charge in [-0.05, 0) is 69.4 Å². The van der Waals surface area contributed by atoms with Gasteiger partial charge in [-0.1, -0.05) is 6.07 Å². The third-order valence-electron chi connectivity index (χ3n) is 5.96. The van der Waals surface area contributed by atoms with Gasteiger partial charge >= 0.3 is 6.18 Å². The van der Waals surface area contributed by atoms with Gasteiger partial charge in [-0.3, -0.25) is 9.69 Å². The molecule has 0 aliphatic heterocycles. The van der Waals surface area contributed by atoms with Crippen molar-refractivity contribution in [3.8, 4) is 5.82 Å². The Labute approximate surface area is 224 Å². The highest BCUT2D eigenvalue weighted by molar-refractivity contribution is 5.95. The number of hydrogen-bond acceptors (Lipinski definition) is 7. The van der Waals surface area contributed by atoms with Crippen molar-refractivity contribution in [2.24, 2.45) is 5.73 Å². The molecule has 0 aliphatic rings. The maximum atomic E-state index is 14.1. The first-order valence-corrected chi connectivity index (χ1v) is 12.0. The minimum absolute atomic E-state index is 0.211. The van der Waals surface area contributed by atoms with Gasteiger partial charge in [0.15, 0.2) is 5.82 Å². The largest absolute Gasteiger partial charge is 0.416 e.